The first kappa shape index (κ1) is 23.0. The van der Waals surface area contributed by atoms with Crippen molar-refractivity contribution >= 4 is 75.1 Å². The lowest BCUT2D eigenvalue weighted by Gasteiger charge is -2.23. The number of aromatic nitrogens is 2. The van der Waals surface area contributed by atoms with E-state index < -0.39 is 3.23 Å². The van der Waals surface area contributed by atoms with Crippen LogP contribution in [0, 0.1) is 0 Å². The normalized spacial score (nSPS) is 15.0. The summed E-state index contributed by atoms with van der Waals surface area (Å²) >= 11 is 11.9. The third-order valence-corrected chi connectivity index (χ3v) is 9.07. The smallest absolute Gasteiger partial charge is 0.263 e. The maximum Gasteiger partial charge on any atom is 0.263 e. The highest BCUT2D eigenvalue weighted by molar-refractivity contribution is 9.26. The monoisotopic (exact) mass is 650 g/mol. The predicted molar refractivity (Wildman–Crippen MR) is 142 cm³/mol. The average molecular weight is 653 g/mol. The van der Waals surface area contributed by atoms with Crippen LogP contribution in [0.4, 0.5) is 0 Å². The first-order valence-corrected chi connectivity index (χ1v) is 13.4. The van der Waals surface area contributed by atoms with Gasteiger partial charge >= 0.3 is 0 Å². The SMILES string of the molecule is COc1ccc(Br)c(-c2nc3sc4c(c3c(=O)n2Cc2ccccc2)CCC(Br)(Br)C4=O)c1. The Morgan fingerprint density at radius 3 is 2.64 bits per heavy atom. The Morgan fingerprint density at radius 1 is 1.15 bits per heavy atom. The number of alkyl halides is 2. The van der Waals surface area contributed by atoms with E-state index in [1.807, 2.05) is 48.5 Å². The van der Waals surface area contributed by atoms with Crippen molar-refractivity contribution < 1.29 is 9.53 Å². The fourth-order valence-corrected chi connectivity index (χ4v) is 6.76. The Kier molecular flexibility index (Phi) is 6.09. The standard InChI is InChI=1S/C24H17Br3N2O3S/c1-32-14-7-8-17(25)16(11-14)21-28-22-18(15-9-10-24(26,27)20(30)19(15)33-22)23(31)29(21)12-13-5-3-2-4-6-13/h2-8,11H,9-10,12H2,1H3. The summed E-state index contributed by atoms with van der Waals surface area (Å²) in [7, 11) is 1.60. The molecule has 0 fully saturated rings. The molecular formula is C24H17Br3N2O3S. The minimum atomic E-state index is -0.796. The molecule has 0 amide bonds. The fourth-order valence-electron chi connectivity index (χ4n) is 4.04. The van der Waals surface area contributed by atoms with Crippen molar-refractivity contribution in [3.8, 4) is 17.1 Å². The van der Waals surface area contributed by atoms with E-state index in [0.717, 1.165) is 21.2 Å². The Morgan fingerprint density at radius 2 is 1.91 bits per heavy atom. The average Bonchev–Trinajstić information content (AvgIpc) is 3.18. The molecule has 4 aromatic rings. The predicted octanol–water partition coefficient (Wildman–Crippen LogP) is 6.56. The van der Waals surface area contributed by atoms with Crippen molar-refractivity contribution in [1.29, 1.82) is 0 Å². The van der Waals surface area contributed by atoms with Crippen LogP contribution in [-0.4, -0.2) is 25.7 Å². The Hall–Kier alpha value is -1.81. The molecule has 2 aromatic carbocycles. The highest BCUT2D eigenvalue weighted by Gasteiger charge is 2.41. The van der Waals surface area contributed by atoms with Gasteiger partial charge in [0.25, 0.3) is 5.56 Å². The molecule has 0 N–H and O–H groups in total. The third-order valence-electron chi connectivity index (χ3n) is 5.74. The van der Waals surface area contributed by atoms with Crippen LogP contribution < -0.4 is 10.3 Å². The van der Waals surface area contributed by atoms with Gasteiger partial charge in [-0.25, -0.2) is 4.98 Å². The maximum atomic E-state index is 13.9. The van der Waals surface area contributed by atoms with Gasteiger partial charge in [0.2, 0.25) is 0 Å². The molecule has 1 aliphatic carbocycles. The second-order valence-corrected chi connectivity index (χ2v) is 13.4. The van der Waals surface area contributed by atoms with Gasteiger partial charge in [-0.2, -0.15) is 0 Å². The number of benzene rings is 2. The van der Waals surface area contributed by atoms with Crippen molar-refractivity contribution in [3.63, 3.8) is 0 Å². The third kappa shape index (κ3) is 4.03. The van der Waals surface area contributed by atoms with E-state index in [4.69, 9.17) is 9.72 Å². The summed E-state index contributed by atoms with van der Waals surface area (Å²) in [5.41, 5.74) is 2.39. The van der Waals surface area contributed by atoms with E-state index >= 15 is 0 Å². The molecule has 2 aromatic heterocycles. The summed E-state index contributed by atoms with van der Waals surface area (Å²) < 4.78 is 7.12. The number of hydrogen-bond acceptors (Lipinski definition) is 5. The molecule has 0 atom stereocenters. The van der Waals surface area contributed by atoms with Crippen LogP contribution in [0.5, 0.6) is 5.75 Å². The van der Waals surface area contributed by atoms with Crippen LogP contribution in [0.1, 0.15) is 27.2 Å². The van der Waals surface area contributed by atoms with Crippen molar-refractivity contribution in [2.75, 3.05) is 7.11 Å². The number of thiophene rings is 1. The molecule has 0 saturated heterocycles. The van der Waals surface area contributed by atoms with Crippen molar-refractivity contribution in [2.24, 2.45) is 0 Å². The summed E-state index contributed by atoms with van der Waals surface area (Å²) in [6, 6.07) is 15.4. The number of hydrogen-bond donors (Lipinski definition) is 0. The van der Waals surface area contributed by atoms with Crippen LogP contribution in [0.2, 0.25) is 0 Å². The number of ketones is 1. The zero-order valence-corrected chi connectivity index (χ0v) is 23.0. The molecule has 0 radical (unpaired) electrons. The number of Topliss-reactive ketones (excluding diaryl/α,β-unsaturated/α-hetero) is 1. The summed E-state index contributed by atoms with van der Waals surface area (Å²) in [4.78, 5) is 33.1. The minimum Gasteiger partial charge on any atom is -0.497 e. The first-order chi connectivity index (χ1) is 15.8. The van der Waals surface area contributed by atoms with E-state index in [-0.39, 0.29) is 11.3 Å². The molecule has 168 valence electrons. The fraction of sp³-hybridized carbons (Fsp3) is 0.208. The summed E-state index contributed by atoms with van der Waals surface area (Å²) in [5.74, 6) is 1.12. The number of nitrogens with zero attached hydrogens (tertiary/aromatic N) is 2. The molecule has 0 saturated carbocycles. The molecule has 1 aliphatic rings. The lowest BCUT2D eigenvalue weighted by atomic mass is 9.96. The first-order valence-electron chi connectivity index (χ1n) is 10.2. The Balaban J connectivity index is 1.81. The van der Waals surface area contributed by atoms with Gasteiger partial charge in [0.1, 0.15) is 19.6 Å². The lowest BCUT2D eigenvalue weighted by molar-refractivity contribution is 0.0977. The van der Waals surface area contributed by atoms with E-state index in [1.165, 1.54) is 11.3 Å². The van der Waals surface area contributed by atoms with Crippen molar-refractivity contribution in [3.05, 3.63) is 79.4 Å². The topological polar surface area (TPSA) is 61.2 Å². The molecule has 9 heteroatoms. The van der Waals surface area contributed by atoms with E-state index in [1.54, 1.807) is 11.7 Å². The van der Waals surface area contributed by atoms with Crippen molar-refractivity contribution in [1.82, 2.24) is 9.55 Å². The molecule has 0 spiro atoms. The van der Waals surface area contributed by atoms with Crippen LogP contribution in [0.3, 0.4) is 0 Å². The van der Waals surface area contributed by atoms with Crippen LogP contribution in [0.25, 0.3) is 21.6 Å². The highest BCUT2D eigenvalue weighted by atomic mass is 79.9. The van der Waals surface area contributed by atoms with Crippen LogP contribution in [-0.2, 0) is 13.0 Å². The largest absolute Gasteiger partial charge is 0.497 e. The van der Waals surface area contributed by atoms with Gasteiger partial charge < -0.3 is 4.74 Å². The summed E-state index contributed by atoms with van der Waals surface area (Å²) in [6.45, 7) is 0.362. The highest BCUT2D eigenvalue weighted by Crippen LogP contribution is 2.45. The van der Waals surface area contributed by atoms with Gasteiger partial charge in [0, 0.05) is 10.0 Å². The zero-order valence-electron chi connectivity index (χ0n) is 17.4. The lowest BCUT2D eigenvalue weighted by Crippen LogP contribution is -2.30. The summed E-state index contributed by atoms with van der Waals surface area (Å²) in [6.07, 6.45) is 1.17. The van der Waals surface area contributed by atoms with Gasteiger partial charge in [0.15, 0.2) is 5.78 Å². The number of fused-ring (bicyclic) bond motifs is 3. The number of halogens is 3. The minimum absolute atomic E-state index is 0.0649. The number of ether oxygens (including phenoxy) is 1. The molecule has 33 heavy (non-hydrogen) atoms. The van der Waals surface area contributed by atoms with E-state index in [9.17, 15) is 9.59 Å². The van der Waals surface area contributed by atoms with Crippen molar-refractivity contribution in [2.45, 2.75) is 22.6 Å². The molecule has 0 aliphatic heterocycles. The number of carbonyl (C=O) groups is 1. The number of rotatable bonds is 4. The molecule has 0 bridgehead atoms. The second-order valence-electron chi connectivity index (χ2n) is 7.78. The van der Waals surface area contributed by atoms with E-state index in [2.05, 4.69) is 47.8 Å². The van der Waals surface area contributed by atoms with Gasteiger partial charge in [-0.15, -0.1) is 11.3 Å². The maximum absolute atomic E-state index is 13.9. The van der Waals surface area contributed by atoms with Crippen LogP contribution >= 0.6 is 59.1 Å². The number of carbonyl (C=O) groups excluding carboxylic acids is 1. The quantitative estimate of drug-likeness (QED) is 0.234. The van der Waals surface area contributed by atoms with Gasteiger partial charge in [0.05, 0.1) is 23.9 Å². The Bertz CT molecular complexity index is 1460. The van der Waals surface area contributed by atoms with Crippen LogP contribution in [0.15, 0.2) is 57.8 Å². The number of aryl methyl sites for hydroxylation is 1. The second kappa shape index (κ2) is 8.76. The van der Waals surface area contributed by atoms with Gasteiger partial charge in [-0.05, 0) is 42.2 Å². The summed E-state index contributed by atoms with van der Waals surface area (Å²) in [5, 5.41) is 0.539. The molecular weight excluding hydrogens is 636 g/mol. The molecule has 5 nitrogen and oxygen atoms in total. The molecule has 2 heterocycles. The zero-order chi connectivity index (χ0) is 23.3. The van der Waals surface area contributed by atoms with Gasteiger partial charge in [-0.3, -0.25) is 14.2 Å². The van der Waals surface area contributed by atoms with E-state index in [0.29, 0.717) is 46.1 Å². The van der Waals surface area contributed by atoms with Gasteiger partial charge in [-0.1, -0.05) is 78.1 Å². The molecule has 0 unspecified atom stereocenters. The Labute approximate surface area is 219 Å². The molecule has 5 rings (SSSR count). The number of methoxy groups -OCH3 is 1.